The molecule has 2 aliphatic rings. The van der Waals surface area contributed by atoms with Crippen molar-refractivity contribution >= 4 is 5.91 Å². The number of aliphatic hydroxyl groups is 1. The lowest BCUT2D eigenvalue weighted by Crippen LogP contribution is -2.52. The Kier molecular flexibility index (Phi) is 3.53. The Morgan fingerprint density at radius 1 is 1.31 bits per heavy atom. The molecule has 2 atom stereocenters. The maximum absolute atomic E-state index is 12.2. The molecule has 0 heterocycles. The Bertz CT molecular complexity index is 255. The molecule has 2 unspecified atom stereocenters. The van der Waals surface area contributed by atoms with Gasteiger partial charge in [0.05, 0.1) is 12.1 Å². The second-order valence-corrected chi connectivity index (χ2v) is 5.42. The van der Waals surface area contributed by atoms with E-state index in [2.05, 4.69) is 12.2 Å². The first kappa shape index (κ1) is 11.9. The van der Waals surface area contributed by atoms with Crippen molar-refractivity contribution in [2.24, 2.45) is 5.41 Å². The first-order valence-corrected chi connectivity index (χ1v) is 6.67. The molecule has 92 valence electrons. The minimum atomic E-state index is -0.327. The number of carbonyl (C=O) groups excluding carboxylic acids is 1. The van der Waals surface area contributed by atoms with E-state index in [1.807, 2.05) is 0 Å². The van der Waals surface area contributed by atoms with Gasteiger partial charge in [-0.15, -0.1) is 0 Å². The molecule has 2 N–H and O–H groups in total. The second kappa shape index (κ2) is 4.74. The topological polar surface area (TPSA) is 49.3 Å². The van der Waals surface area contributed by atoms with Crippen molar-refractivity contribution in [2.45, 2.75) is 70.4 Å². The first-order chi connectivity index (χ1) is 7.68. The lowest BCUT2D eigenvalue weighted by atomic mass is 9.66. The van der Waals surface area contributed by atoms with E-state index in [0.717, 1.165) is 44.9 Å². The molecule has 0 aromatic carbocycles. The van der Waals surface area contributed by atoms with E-state index in [1.165, 1.54) is 6.42 Å². The van der Waals surface area contributed by atoms with Crippen molar-refractivity contribution in [3.05, 3.63) is 0 Å². The zero-order valence-corrected chi connectivity index (χ0v) is 10.2. The molecule has 0 aromatic rings. The molecule has 3 heteroatoms. The summed E-state index contributed by atoms with van der Waals surface area (Å²) in [5, 5.41) is 12.9. The van der Waals surface area contributed by atoms with Gasteiger partial charge in [0.25, 0.3) is 0 Å². The van der Waals surface area contributed by atoms with Crippen LogP contribution in [0.15, 0.2) is 0 Å². The van der Waals surface area contributed by atoms with E-state index in [9.17, 15) is 9.90 Å². The predicted molar refractivity (Wildman–Crippen MR) is 63.0 cm³/mol. The molecular formula is C13H23NO2. The summed E-state index contributed by atoms with van der Waals surface area (Å²) in [7, 11) is 0. The van der Waals surface area contributed by atoms with E-state index >= 15 is 0 Å². The van der Waals surface area contributed by atoms with E-state index in [0.29, 0.717) is 0 Å². The first-order valence-electron chi connectivity index (χ1n) is 6.67. The van der Waals surface area contributed by atoms with Crippen molar-refractivity contribution in [3.63, 3.8) is 0 Å². The van der Waals surface area contributed by atoms with Crippen LogP contribution < -0.4 is 5.32 Å². The minimum Gasteiger partial charge on any atom is -0.391 e. The molecule has 0 saturated heterocycles. The molecule has 3 nitrogen and oxygen atoms in total. The number of hydrogen-bond donors (Lipinski definition) is 2. The summed E-state index contributed by atoms with van der Waals surface area (Å²) in [6.45, 7) is 2.09. The summed E-state index contributed by atoms with van der Waals surface area (Å²) in [4.78, 5) is 12.2. The number of aliphatic hydroxyl groups excluding tert-OH is 1. The van der Waals surface area contributed by atoms with Crippen LogP contribution >= 0.6 is 0 Å². The number of amides is 1. The highest BCUT2D eigenvalue weighted by atomic mass is 16.3. The fourth-order valence-electron chi connectivity index (χ4n) is 2.95. The van der Waals surface area contributed by atoms with Gasteiger partial charge in [-0.2, -0.15) is 0 Å². The number of nitrogens with one attached hydrogen (secondary N) is 1. The lowest BCUT2D eigenvalue weighted by Gasteiger charge is -2.41. The number of rotatable bonds is 3. The van der Waals surface area contributed by atoms with E-state index < -0.39 is 0 Å². The third-order valence-electron chi connectivity index (χ3n) is 4.52. The summed E-state index contributed by atoms with van der Waals surface area (Å²) in [6, 6.07) is 0.00488. The fourth-order valence-corrected chi connectivity index (χ4v) is 2.95. The summed E-state index contributed by atoms with van der Waals surface area (Å²) >= 11 is 0. The molecule has 1 amide bonds. The van der Waals surface area contributed by atoms with Crippen molar-refractivity contribution in [1.29, 1.82) is 0 Å². The molecular weight excluding hydrogens is 202 g/mol. The molecule has 0 bridgehead atoms. The van der Waals surface area contributed by atoms with E-state index in [1.54, 1.807) is 0 Å². The Labute approximate surface area is 97.6 Å². The van der Waals surface area contributed by atoms with Gasteiger partial charge in [-0.3, -0.25) is 4.79 Å². The van der Waals surface area contributed by atoms with Crippen molar-refractivity contribution < 1.29 is 9.90 Å². The van der Waals surface area contributed by atoms with Gasteiger partial charge in [0.2, 0.25) is 5.91 Å². The van der Waals surface area contributed by atoms with Gasteiger partial charge in [-0.05, 0) is 32.1 Å². The van der Waals surface area contributed by atoms with Crippen LogP contribution in [0.2, 0.25) is 0 Å². The van der Waals surface area contributed by atoms with Crippen LogP contribution in [0.3, 0.4) is 0 Å². The summed E-state index contributed by atoms with van der Waals surface area (Å²) in [5.74, 6) is 0.187. The third-order valence-corrected chi connectivity index (χ3v) is 4.52. The Hall–Kier alpha value is -0.570. The van der Waals surface area contributed by atoms with Gasteiger partial charge in [-0.1, -0.05) is 26.2 Å². The standard InChI is InChI=1S/C13H23NO2/c1-2-13(8-5-9-13)12(16)14-10-6-3-4-7-11(10)15/h10-11,15H,2-9H2,1H3,(H,14,16). The van der Waals surface area contributed by atoms with E-state index in [-0.39, 0.29) is 23.5 Å². The summed E-state index contributed by atoms with van der Waals surface area (Å²) in [6.07, 6.45) is 7.82. The molecule has 0 aliphatic heterocycles. The van der Waals surface area contributed by atoms with Gasteiger partial charge < -0.3 is 10.4 Å². The van der Waals surface area contributed by atoms with Gasteiger partial charge in [0, 0.05) is 5.41 Å². The molecule has 2 saturated carbocycles. The largest absolute Gasteiger partial charge is 0.391 e. The van der Waals surface area contributed by atoms with Crippen LogP contribution in [0.25, 0.3) is 0 Å². The predicted octanol–water partition coefficient (Wildman–Crippen LogP) is 1.99. The Morgan fingerprint density at radius 3 is 2.50 bits per heavy atom. The highest BCUT2D eigenvalue weighted by molar-refractivity contribution is 5.83. The lowest BCUT2D eigenvalue weighted by molar-refractivity contribution is -0.138. The van der Waals surface area contributed by atoms with Crippen LogP contribution in [0.1, 0.15) is 58.3 Å². The summed E-state index contributed by atoms with van der Waals surface area (Å²) < 4.78 is 0. The molecule has 2 fully saturated rings. The fraction of sp³-hybridized carbons (Fsp3) is 0.923. The SMILES string of the molecule is CCC1(C(=O)NC2CCCCC2O)CCC1. The average Bonchev–Trinajstić information content (AvgIpc) is 2.21. The Morgan fingerprint density at radius 2 is 2.00 bits per heavy atom. The summed E-state index contributed by atoms with van der Waals surface area (Å²) in [5.41, 5.74) is -0.100. The molecule has 0 radical (unpaired) electrons. The molecule has 2 aliphatic carbocycles. The molecule has 16 heavy (non-hydrogen) atoms. The van der Waals surface area contributed by atoms with E-state index in [4.69, 9.17) is 0 Å². The normalized spacial score (nSPS) is 32.9. The van der Waals surface area contributed by atoms with Crippen LogP contribution in [-0.4, -0.2) is 23.2 Å². The van der Waals surface area contributed by atoms with Gasteiger partial charge in [0.1, 0.15) is 0 Å². The van der Waals surface area contributed by atoms with Gasteiger partial charge in [0.15, 0.2) is 0 Å². The highest BCUT2D eigenvalue weighted by Gasteiger charge is 2.43. The maximum Gasteiger partial charge on any atom is 0.226 e. The van der Waals surface area contributed by atoms with Crippen molar-refractivity contribution in [3.8, 4) is 0 Å². The van der Waals surface area contributed by atoms with Crippen molar-refractivity contribution in [1.82, 2.24) is 5.32 Å². The Balaban J connectivity index is 1.90. The monoisotopic (exact) mass is 225 g/mol. The van der Waals surface area contributed by atoms with Crippen LogP contribution in [0.5, 0.6) is 0 Å². The maximum atomic E-state index is 12.2. The van der Waals surface area contributed by atoms with Crippen LogP contribution in [0, 0.1) is 5.41 Å². The zero-order chi connectivity index (χ0) is 11.6. The second-order valence-electron chi connectivity index (χ2n) is 5.42. The number of hydrogen-bond acceptors (Lipinski definition) is 2. The zero-order valence-electron chi connectivity index (χ0n) is 10.2. The molecule has 2 rings (SSSR count). The van der Waals surface area contributed by atoms with Crippen LogP contribution in [0.4, 0.5) is 0 Å². The number of carbonyl (C=O) groups is 1. The quantitative estimate of drug-likeness (QED) is 0.771. The molecule has 0 aromatic heterocycles. The van der Waals surface area contributed by atoms with Crippen molar-refractivity contribution in [2.75, 3.05) is 0 Å². The third kappa shape index (κ3) is 2.10. The molecule has 0 spiro atoms. The minimum absolute atomic E-state index is 0.00488. The highest BCUT2D eigenvalue weighted by Crippen LogP contribution is 2.44. The van der Waals surface area contributed by atoms with Gasteiger partial charge >= 0.3 is 0 Å². The van der Waals surface area contributed by atoms with Gasteiger partial charge in [-0.25, -0.2) is 0 Å². The van der Waals surface area contributed by atoms with Crippen LogP contribution in [-0.2, 0) is 4.79 Å². The average molecular weight is 225 g/mol. The smallest absolute Gasteiger partial charge is 0.226 e.